The molecule has 0 spiro atoms. The topological polar surface area (TPSA) is 71.8 Å². The van der Waals surface area contributed by atoms with E-state index in [0.717, 1.165) is 21.6 Å². The maximum atomic E-state index is 10.7. The second-order valence-electron chi connectivity index (χ2n) is 6.18. The van der Waals surface area contributed by atoms with Gasteiger partial charge in [0.15, 0.2) is 5.82 Å². The van der Waals surface area contributed by atoms with Gasteiger partial charge in [-0.3, -0.25) is 9.97 Å². The van der Waals surface area contributed by atoms with E-state index in [0.29, 0.717) is 21.7 Å². The van der Waals surface area contributed by atoms with Crippen LogP contribution in [0.2, 0.25) is 0 Å². The van der Waals surface area contributed by atoms with Gasteiger partial charge in [-0.1, -0.05) is 42.5 Å². The fourth-order valence-corrected chi connectivity index (χ4v) is 4.29. The van der Waals surface area contributed by atoms with Crippen molar-refractivity contribution in [2.45, 2.75) is 0 Å². The van der Waals surface area contributed by atoms with E-state index < -0.39 is 0 Å². The van der Waals surface area contributed by atoms with E-state index in [2.05, 4.69) is 15.0 Å². The Kier molecular flexibility index (Phi) is 4.03. The Balaban J connectivity index is 1.85. The zero-order chi connectivity index (χ0) is 18.9. The molecule has 0 radical (unpaired) electrons. The van der Waals surface area contributed by atoms with Gasteiger partial charge < -0.3 is 5.11 Å². The molecule has 5 rings (SSSR count). The van der Waals surface area contributed by atoms with Crippen molar-refractivity contribution in [3.8, 4) is 39.0 Å². The third kappa shape index (κ3) is 2.80. The number of thiophene rings is 1. The van der Waals surface area contributed by atoms with Crippen molar-refractivity contribution in [1.29, 1.82) is 0 Å². The van der Waals surface area contributed by atoms with Crippen LogP contribution >= 0.6 is 11.3 Å². The molecule has 0 bridgehead atoms. The van der Waals surface area contributed by atoms with Gasteiger partial charge in [0.1, 0.15) is 10.4 Å². The Morgan fingerprint density at radius 3 is 2.36 bits per heavy atom. The van der Waals surface area contributed by atoms with Crippen LogP contribution in [0.4, 0.5) is 0 Å². The highest BCUT2D eigenvalue weighted by molar-refractivity contribution is 7.23. The lowest BCUT2D eigenvalue weighted by atomic mass is 10.0. The molecule has 6 heteroatoms. The van der Waals surface area contributed by atoms with Crippen molar-refractivity contribution < 1.29 is 5.11 Å². The summed E-state index contributed by atoms with van der Waals surface area (Å²) in [5.74, 6) is 0.362. The van der Waals surface area contributed by atoms with Crippen LogP contribution < -0.4 is 0 Å². The van der Waals surface area contributed by atoms with Gasteiger partial charge >= 0.3 is 0 Å². The minimum atomic E-state index is -0.0389. The van der Waals surface area contributed by atoms with Gasteiger partial charge in [0.05, 0.1) is 5.52 Å². The zero-order valence-electron chi connectivity index (χ0n) is 14.6. The molecule has 0 amide bonds. The van der Waals surface area contributed by atoms with Crippen molar-refractivity contribution in [3.63, 3.8) is 0 Å². The van der Waals surface area contributed by atoms with E-state index in [1.807, 2.05) is 66.9 Å². The monoisotopic (exact) mass is 382 g/mol. The van der Waals surface area contributed by atoms with Gasteiger partial charge in [-0.25, -0.2) is 4.98 Å². The van der Waals surface area contributed by atoms with Crippen LogP contribution in [0.1, 0.15) is 0 Å². The molecule has 0 atom stereocenters. The molecule has 0 unspecified atom stereocenters. The Bertz CT molecular complexity index is 1260. The Morgan fingerprint density at radius 2 is 1.61 bits per heavy atom. The first-order valence-corrected chi connectivity index (χ1v) is 9.53. The highest BCUT2D eigenvalue weighted by Crippen LogP contribution is 2.46. The third-order valence-corrected chi connectivity index (χ3v) is 5.62. The summed E-state index contributed by atoms with van der Waals surface area (Å²) in [7, 11) is 0. The fourth-order valence-electron chi connectivity index (χ4n) is 3.15. The van der Waals surface area contributed by atoms with Gasteiger partial charge in [0.2, 0.25) is 5.88 Å². The molecule has 0 aliphatic rings. The molecule has 1 N–H and O–H groups in total. The Morgan fingerprint density at radius 1 is 0.786 bits per heavy atom. The SMILES string of the molecule is Oc1nc(-c2ccccn2)nc2c(-c3ccccc3)c(-c3cccnc3)sc12. The zero-order valence-corrected chi connectivity index (χ0v) is 15.5. The lowest BCUT2D eigenvalue weighted by Crippen LogP contribution is -1.92. The van der Waals surface area contributed by atoms with E-state index >= 15 is 0 Å². The van der Waals surface area contributed by atoms with E-state index in [-0.39, 0.29) is 5.88 Å². The predicted molar refractivity (Wildman–Crippen MR) is 111 cm³/mol. The number of rotatable bonds is 3. The smallest absolute Gasteiger partial charge is 0.233 e. The molecule has 0 saturated carbocycles. The normalized spacial score (nSPS) is 11.0. The van der Waals surface area contributed by atoms with Gasteiger partial charge in [0, 0.05) is 34.6 Å². The molecule has 4 heterocycles. The number of pyridine rings is 2. The summed E-state index contributed by atoms with van der Waals surface area (Å²) in [5, 5.41) is 10.7. The largest absolute Gasteiger partial charge is 0.492 e. The Labute approximate surface area is 165 Å². The molecule has 5 aromatic rings. The highest BCUT2D eigenvalue weighted by atomic mass is 32.1. The van der Waals surface area contributed by atoms with Gasteiger partial charge in [-0.2, -0.15) is 4.98 Å². The maximum absolute atomic E-state index is 10.7. The molecule has 5 nitrogen and oxygen atoms in total. The van der Waals surface area contributed by atoms with Crippen molar-refractivity contribution in [1.82, 2.24) is 19.9 Å². The lowest BCUT2D eigenvalue weighted by molar-refractivity contribution is 0.461. The summed E-state index contributed by atoms with van der Waals surface area (Å²) in [6.45, 7) is 0. The van der Waals surface area contributed by atoms with Gasteiger partial charge in [-0.05, 0) is 23.8 Å². The van der Waals surface area contributed by atoms with Gasteiger partial charge in [-0.15, -0.1) is 11.3 Å². The lowest BCUT2D eigenvalue weighted by Gasteiger charge is -2.06. The molecule has 0 aliphatic heterocycles. The average Bonchev–Trinajstić information content (AvgIpc) is 3.16. The average molecular weight is 382 g/mol. The number of hydrogen-bond acceptors (Lipinski definition) is 6. The molecule has 28 heavy (non-hydrogen) atoms. The van der Waals surface area contributed by atoms with Crippen molar-refractivity contribution >= 4 is 21.6 Å². The van der Waals surface area contributed by atoms with Crippen LogP contribution in [0.15, 0.2) is 79.3 Å². The Hall–Kier alpha value is -3.64. The second kappa shape index (κ2) is 6.83. The molecule has 134 valence electrons. The summed E-state index contributed by atoms with van der Waals surface area (Å²) in [5.41, 5.74) is 4.29. The molecule has 0 saturated heterocycles. The first-order valence-electron chi connectivity index (χ1n) is 8.72. The third-order valence-electron chi connectivity index (χ3n) is 4.40. The number of benzene rings is 1. The van der Waals surface area contributed by atoms with Crippen LogP contribution in [0.3, 0.4) is 0 Å². The summed E-state index contributed by atoms with van der Waals surface area (Å²) in [6, 6.07) is 19.5. The standard InChI is InChI=1S/C22H14N4OS/c27-22-20-18(25-21(26-22)16-10-4-5-12-24-16)17(14-7-2-1-3-8-14)19(28-20)15-9-6-11-23-13-15/h1-13H,(H,25,26,27). The van der Waals surface area contributed by atoms with Crippen molar-refractivity contribution in [2.24, 2.45) is 0 Å². The first-order chi connectivity index (χ1) is 13.8. The molecule has 0 fully saturated rings. The van der Waals surface area contributed by atoms with E-state index in [1.165, 1.54) is 11.3 Å². The van der Waals surface area contributed by atoms with Crippen LogP contribution in [0, 0.1) is 0 Å². The van der Waals surface area contributed by atoms with E-state index in [9.17, 15) is 5.11 Å². The molecule has 0 aliphatic carbocycles. The fraction of sp³-hybridized carbons (Fsp3) is 0. The van der Waals surface area contributed by atoms with Crippen LogP contribution in [-0.2, 0) is 0 Å². The number of hydrogen-bond donors (Lipinski definition) is 1. The summed E-state index contributed by atoms with van der Waals surface area (Å²) < 4.78 is 0.650. The minimum absolute atomic E-state index is 0.0389. The summed E-state index contributed by atoms with van der Waals surface area (Å²) in [6.07, 6.45) is 5.25. The van der Waals surface area contributed by atoms with Crippen molar-refractivity contribution in [2.75, 3.05) is 0 Å². The number of nitrogens with zero attached hydrogens (tertiary/aromatic N) is 4. The molecule has 4 aromatic heterocycles. The van der Waals surface area contributed by atoms with Crippen molar-refractivity contribution in [3.05, 3.63) is 79.3 Å². The van der Waals surface area contributed by atoms with E-state index in [1.54, 1.807) is 12.4 Å². The number of fused-ring (bicyclic) bond motifs is 1. The maximum Gasteiger partial charge on any atom is 0.233 e. The quantitative estimate of drug-likeness (QED) is 0.465. The van der Waals surface area contributed by atoms with Crippen LogP contribution in [-0.4, -0.2) is 25.0 Å². The number of aromatic nitrogens is 4. The molecular weight excluding hydrogens is 368 g/mol. The predicted octanol–water partition coefficient (Wildman–Crippen LogP) is 5.19. The first kappa shape index (κ1) is 16.5. The molecule has 1 aromatic carbocycles. The summed E-state index contributed by atoms with van der Waals surface area (Å²) >= 11 is 1.47. The highest BCUT2D eigenvalue weighted by Gasteiger charge is 2.21. The van der Waals surface area contributed by atoms with E-state index in [4.69, 9.17) is 4.98 Å². The van der Waals surface area contributed by atoms with Crippen LogP contribution in [0.5, 0.6) is 5.88 Å². The number of aromatic hydroxyl groups is 1. The van der Waals surface area contributed by atoms with Gasteiger partial charge in [0.25, 0.3) is 0 Å². The van der Waals surface area contributed by atoms with Crippen LogP contribution in [0.25, 0.3) is 43.3 Å². The minimum Gasteiger partial charge on any atom is -0.492 e. The summed E-state index contributed by atoms with van der Waals surface area (Å²) in [4.78, 5) is 18.6. The second-order valence-corrected chi connectivity index (χ2v) is 7.20. The molecular formula is C22H14N4OS.